The van der Waals surface area contributed by atoms with Crippen molar-refractivity contribution < 1.29 is 19.5 Å². The molecule has 3 amide bonds. The summed E-state index contributed by atoms with van der Waals surface area (Å²) in [5, 5.41) is 15.9. The number of carbonyl (C=O) groups excluding carboxylic acids is 2. The molecule has 0 saturated carbocycles. The maximum absolute atomic E-state index is 11.6. The number of rotatable bonds is 4. The Bertz CT molecular complexity index is 336. The van der Waals surface area contributed by atoms with Crippen LogP contribution >= 0.6 is 0 Å². The summed E-state index contributed by atoms with van der Waals surface area (Å²) in [4.78, 5) is 33.5. The van der Waals surface area contributed by atoms with Crippen LogP contribution in [-0.2, 0) is 9.59 Å². The van der Waals surface area contributed by atoms with Crippen LogP contribution in [0.25, 0.3) is 0 Å². The molecule has 4 N–H and O–H groups in total. The molecular weight excluding hydrogens is 238 g/mol. The molecule has 18 heavy (non-hydrogen) atoms. The van der Waals surface area contributed by atoms with Gasteiger partial charge in [0.15, 0.2) is 0 Å². The Kier molecular flexibility index (Phi) is 5.61. The summed E-state index contributed by atoms with van der Waals surface area (Å²) < 4.78 is 0. The van der Waals surface area contributed by atoms with Gasteiger partial charge in [-0.15, -0.1) is 0 Å². The maximum atomic E-state index is 11.6. The minimum absolute atomic E-state index is 0.333. The van der Waals surface area contributed by atoms with Crippen molar-refractivity contribution in [3.05, 3.63) is 0 Å². The zero-order valence-corrected chi connectivity index (χ0v) is 11.3. The Balaban J connectivity index is 4.23. The summed E-state index contributed by atoms with van der Waals surface area (Å²) >= 11 is 0. The van der Waals surface area contributed by atoms with Crippen LogP contribution in [0.1, 0.15) is 34.6 Å². The second-order valence-electron chi connectivity index (χ2n) is 5.14. The molecular formula is C11H21N3O4. The maximum Gasteiger partial charge on any atom is 0.325 e. The second kappa shape index (κ2) is 6.23. The van der Waals surface area contributed by atoms with Crippen molar-refractivity contribution in [3.63, 3.8) is 0 Å². The van der Waals surface area contributed by atoms with E-state index in [9.17, 15) is 14.4 Å². The molecule has 2 atom stereocenters. The molecule has 104 valence electrons. The quantitative estimate of drug-likeness (QED) is 0.572. The van der Waals surface area contributed by atoms with Crippen molar-refractivity contribution in [2.24, 2.45) is 0 Å². The van der Waals surface area contributed by atoms with E-state index in [1.54, 1.807) is 0 Å². The first-order chi connectivity index (χ1) is 8.03. The number of hydrogen-bond donors (Lipinski definition) is 4. The van der Waals surface area contributed by atoms with Crippen molar-refractivity contribution in [3.8, 4) is 0 Å². The Morgan fingerprint density at radius 2 is 1.44 bits per heavy atom. The van der Waals surface area contributed by atoms with Gasteiger partial charge in [-0.25, -0.2) is 4.79 Å². The molecule has 0 fully saturated rings. The van der Waals surface area contributed by atoms with Crippen LogP contribution in [0, 0.1) is 0 Å². The fourth-order valence-corrected chi connectivity index (χ4v) is 1.04. The van der Waals surface area contributed by atoms with Crippen molar-refractivity contribution in [2.75, 3.05) is 0 Å². The van der Waals surface area contributed by atoms with Gasteiger partial charge in [0.2, 0.25) is 5.91 Å². The van der Waals surface area contributed by atoms with Gasteiger partial charge in [-0.05, 0) is 34.6 Å². The van der Waals surface area contributed by atoms with Gasteiger partial charge in [-0.2, -0.15) is 0 Å². The molecule has 0 aliphatic heterocycles. The Hall–Kier alpha value is -1.79. The van der Waals surface area contributed by atoms with Gasteiger partial charge < -0.3 is 21.1 Å². The SMILES string of the molecule is CC(NC(=O)N[C@@H](C)C(=O)O)C(=O)NC(C)(C)C. The lowest BCUT2D eigenvalue weighted by Gasteiger charge is -2.24. The molecule has 0 aromatic rings. The van der Waals surface area contributed by atoms with Gasteiger partial charge >= 0.3 is 12.0 Å². The number of carboxylic acids is 1. The molecule has 1 unspecified atom stereocenters. The van der Waals surface area contributed by atoms with E-state index in [0.717, 1.165) is 0 Å². The number of nitrogens with one attached hydrogen (secondary N) is 3. The topological polar surface area (TPSA) is 108 Å². The minimum Gasteiger partial charge on any atom is -0.480 e. The lowest BCUT2D eigenvalue weighted by molar-refractivity contribution is -0.138. The van der Waals surface area contributed by atoms with Crippen LogP contribution in [0.3, 0.4) is 0 Å². The highest BCUT2D eigenvalue weighted by Gasteiger charge is 2.22. The molecule has 0 saturated heterocycles. The highest BCUT2D eigenvalue weighted by atomic mass is 16.4. The third kappa shape index (κ3) is 6.72. The minimum atomic E-state index is -1.14. The van der Waals surface area contributed by atoms with E-state index in [1.165, 1.54) is 13.8 Å². The van der Waals surface area contributed by atoms with Gasteiger partial charge in [0, 0.05) is 5.54 Å². The lowest BCUT2D eigenvalue weighted by Crippen LogP contribution is -2.54. The third-order valence-electron chi connectivity index (χ3n) is 1.96. The van der Waals surface area contributed by atoms with E-state index in [-0.39, 0.29) is 5.91 Å². The molecule has 0 rings (SSSR count). The average molecular weight is 259 g/mol. The second-order valence-corrected chi connectivity index (χ2v) is 5.14. The van der Waals surface area contributed by atoms with Gasteiger partial charge in [0.05, 0.1) is 0 Å². The van der Waals surface area contributed by atoms with Crippen LogP contribution in [0.15, 0.2) is 0 Å². The standard InChI is InChI=1S/C11H21N3O4/c1-6(8(15)14-11(3,4)5)12-10(18)13-7(2)9(16)17/h6-7H,1-5H3,(H,14,15)(H,16,17)(H2,12,13,18)/t6?,7-/m0/s1. The van der Waals surface area contributed by atoms with E-state index < -0.39 is 29.6 Å². The van der Waals surface area contributed by atoms with Gasteiger partial charge in [-0.1, -0.05) is 0 Å². The summed E-state index contributed by atoms with van der Waals surface area (Å²) in [5.74, 6) is -1.47. The van der Waals surface area contributed by atoms with E-state index in [4.69, 9.17) is 5.11 Å². The average Bonchev–Trinajstić information content (AvgIpc) is 2.14. The molecule has 7 nitrogen and oxygen atoms in total. The van der Waals surface area contributed by atoms with Crippen LogP contribution < -0.4 is 16.0 Å². The van der Waals surface area contributed by atoms with E-state index >= 15 is 0 Å². The third-order valence-corrected chi connectivity index (χ3v) is 1.96. The van der Waals surface area contributed by atoms with Gasteiger partial charge in [0.25, 0.3) is 0 Å². The molecule has 0 spiro atoms. The molecule has 0 radical (unpaired) electrons. The number of urea groups is 1. The molecule has 0 heterocycles. The summed E-state index contributed by atoms with van der Waals surface area (Å²) in [6, 6.07) is -2.45. The summed E-state index contributed by atoms with van der Waals surface area (Å²) in [6.45, 7) is 8.33. The monoisotopic (exact) mass is 259 g/mol. The van der Waals surface area contributed by atoms with Crippen molar-refractivity contribution in [2.45, 2.75) is 52.2 Å². The molecule has 0 aliphatic rings. The number of carboxylic acid groups (broad SMARTS) is 1. The van der Waals surface area contributed by atoms with E-state index in [1.807, 2.05) is 20.8 Å². The number of amides is 3. The zero-order valence-electron chi connectivity index (χ0n) is 11.3. The van der Waals surface area contributed by atoms with Crippen molar-refractivity contribution >= 4 is 17.9 Å². The zero-order chi connectivity index (χ0) is 14.5. The van der Waals surface area contributed by atoms with Crippen LogP contribution in [-0.4, -0.2) is 40.6 Å². The Labute approximate surface area is 106 Å². The van der Waals surface area contributed by atoms with Crippen molar-refractivity contribution in [1.29, 1.82) is 0 Å². The molecule has 0 bridgehead atoms. The highest BCUT2D eigenvalue weighted by molar-refractivity contribution is 5.88. The highest BCUT2D eigenvalue weighted by Crippen LogP contribution is 1.99. The first-order valence-corrected chi connectivity index (χ1v) is 5.65. The van der Waals surface area contributed by atoms with Crippen LogP contribution in [0.5, 0.6) is 0 Å². The first-order valence-electron chi connectivity index (χ1n) is 5.65. The van der Waals surface area contributed by atoms with Crippen LogP contribution in [0.4, 0.5) is 4.79 Å². The first kappa shape index (κ1) is 16.2. The number of aliphatic carboxylic acids is 1. The van der Waals surface area contributed by atoms with Crippen LogP contribution in [0.2, 0.25) is 0 Å². The molecule has 7 heteroatoms. The Morgan fingerprint density at radius 3 is 1.83 bits per heavy atom. The fourth-order valence-electron chi connectivity index (χ4n) is 1.04. The summed E-state index contributed by atoms with van der Waals surface area (Å²) in [5.41, 5.74) is -0.391. The predicted molar refractivity (Wildman–Crippen MR) is 66.1 cm³/mol. The number of carbonyl (C=O) groups is 3. The molecule has 0 aliphatic carbocycles. The van der Waals surface area contributed by atoms with E-state index in [0.29, 0.717) is 0 Å². The van der Waals surface area contributed by atoms with Crippen molar-refractivity contribution in [1.82, 2.24) is 16.0 Å². The Morgan fingerprint density at radius 1 is 1.00 bits per heavy atom. The van der Waals surface area contributed by atoms with Gasteiger partial charge in [0.1, 0.15) is 12.1 Å². The predicted octanol–water partition coefficient (Wildman–Crippen LogP) is 0.0619. The summed E-state index contributed by atoms with van der Waals surface area (Å²) in [7, 11) is 0. The molecule has 0 aromatic heterocycles. The fraction of sp³-hybridized carbons (Fsp3) is 0.727. The summed E-state index contributed by atoms with van der Waals surface area (Å²) in [6.07, 6.45) is 0. The normalized spacial score (nSPS) is 14.3. The largest absolute Gasteiger partial charge is 0.480 e. The smallest absolute Gasteiger partial charge is 0.325 e. The molecule has 0 aromatic carbocycles. The van der Waals surface area contributed by atoms with Gasteiger partial charge in [-0.3, -0.25) is 9.59 Å². The number of hydrogen-bond acceptors (Lipinski definition) is 3. The lowest BCUT2D eigenvalue weighted by atomic mass is 10.1. The van der Waals surface area contributed by atoms with E-state index in [2.05, 4.69) is 16.0 Å².